The van der Waals surface area contributed by atoms with Crippen molar-refractivity contribution in [1.82, 2.24) is 20.4 Å². The van der Waals surface area contributed by atoms with Crippen LogP contribution in [0.4, 0.5) is 0 Å². The van der Waals surface area contributed by atoms with E-state index in [0.29, 0.717) is 0 Å². The fourth-order valence-electron chi connectivity index (χ4n) is 2.84. The van der Waals surface area contributed by atoms with E-state index in [1.54, 1.807) is 0 Å². The standard InChI is InChI=1S/C16H36N4/c1-5-17-11-7-12-18-15-9-10-16(15)20(4)14-8-13-19(3)6-2/h15-18H,5-14H2,1-4H3. The number of nitrogens with one attached hydrogen (secondary N) is 2. The van der Waals surface area contributed by atoms with E-state index < -0.39 is 0 Å². The van der Waals surface area contributed by atoms with Crippen LogP contribution in [0.2, 0.25) is 0 Å². The van der Waals surface area contributed by atoms with Gasteiger partial charge in [0.25, 0.3) is 0 Å². The van der Waals surface area contributed by atoms with Gasteiger partial charge in [-0.1, -0.05) is 13.8 Å². The lowest BCUT2D eigenvalue weighted by molar-refractivity contribution is 0.106. The zero-order valence-corrected chi connectivity index (χ0v) is 14.1. The second-order valence-electron chi connectivity index (χ2n) is 6.14. The van der Waals surface area contributed by atoms with Gasteiger partial charge < -0.3 is 20.4 Å². The molecule has 0 heterocycles. The summed E-state index contributed by atoms with van der Waals surface area (Å²) in [6.07, 6.45) is 5.24. The van der Waals surface area contributed by atoms with E-state index in [4.69, 9.17) is 0 Å². The van der Waals surface area contributed by atoms with E-state index in [0.717, 1.165) is 38.3 Å². The Kier molecular flexibility index (Phi) is 9.44. The van der Waals surface area contributed by atoms with Crippen LogP contribution in [0, 0.1) is 0 Å². The second kappa shape index (κ2) is 10.6. The average Bonchev–Trinajstić information content (AvgIpc) is 2.41. The fraction of sp³-hybridized carbons (Fsp3) is 1.00. The molecule has 2 unspecified atom stereocenters. The summed E-state index contributed by atoms with van der Waals surface area (Å²) < 4.78 is 0. The summed E-state index contributed by atoms with van der Waals surface area (Å²) in [5, 5.41) is 7.11. The highest BCUT2D eigenvalue weighted by atomic mass is 15.2. The molecule has 0 aliphatic heterocycles. The molecule has 1 rings (SSSR count). The monoisotopic (exact) mass is 284 g/mol. The summed E-state index contributed by atoms with van der Waals surface area (Å²) in [5.74, 6) is 0. The summed E-state index contributed by atoms with van der Waals surface area (Å²) in [4.78, 5) is 4.96. The lowest BCUT2D eigenvalue weighted by Gasteiger charge is -2.43. The number of hydrogen-bond donors (Lipinski definition) is 2. The first-order chi connectivity index (χ1) is 9.69. The molecular formula is C16H36N4. The van der Waals surface area contributed by atoms with Crippen LogP contribution < -0.4 is 10.6 Å². The van der Waals surface area contributed by atoms with Crippen LogP contribution in [-0.2, 0) is 0 Å². The van der Waals surface area contributed by atoms with E-state index in [1.165, 1.54) is 38.8 Å². The molecule has 4 heteroatoms. The fourth-order valence-corrected chi connectivity index (χ4v) is 2.84. The molecule has 0 aromatic rings. The number of likely N-dealkylation sites (N-methyl/N-ethyl adjacent to an activating group) is 1. The number of hydrogen-bond acceptors (Lipinski definition) is 4. The molecule has 0 bridgehead atoms. The van der Waals surface area contributed by atoms with Crippen molar-refractivity contribution in [2.24, 2.45) is 0 Å². The van der Waals surface area contributed by atoms with Gasteiger partial charge >= 0.3 is 0 Å². The Labute approximate surface area is 126 Å². The Bertz CT molecular complexity index is 235. The smallest absolute Gasteiger partial charge is 0.0246 e. The molecule has 20 heavy (non-hydrogen) atoms. The molecule has 0 spiro atoms. The van der Waals surface area contributed by atoms with E-state index in [1.807, 2.05) is 0 Å². The summed E-state index contributed by atoms with van der Waals surface area (Å²) in [7, 11) is 4.50. The van der Waals surface area contributed by atoms with Gasteiger partial charge in [0.15, 0.2) is 0 Å². The minimum Gasteiger partial charge on any atom is -0.317 e. The summed E-state index contributed by atoms with van der Waals surface area (Å²) in [5.41, 5.74) is 0. The third kappa shape index (κ3) is 6.53. The quantitative estimate of drug-likeness (QED) is 0.530. The summed E-state index contributed by atoms with van der Waals surface area (Å²) in [6, 6.07) is 1.49. The third-order valence-electron chi connectivity index (χ3n) is 4.58. The van der Waals surface area contributed by atoms with Gasteiger partial charge in [-0.05, 0) is 79.0 Å². The zero-order valence-electron chi connectivity index (χ0n) is 14.1. The highest BCUT2D eigenvalue weighted by Crippen LogP contribution is 2.24. The van der Waals surface area contributed by atoms with Crippen LogP contribution in [0.5, 0.6) is 0 Å². The van der Waals surface area contributed by atoms with Crippen LogP contribution in [0.3, 0.4) is 0 Å². The van der Waals surface area contributed by atoms with Gasteiger partial charge in [0.05, 0.1) is 0 Å². The van der Waals surface area contributed by atoms with E-state index in [9.17, 15) is 0 Å². The number of nitrogens with zero attached hydrogens (tertiary/aromatic N) is 2. The second-order valence-corrected chi connectivity index (χ2v) is 6.14. The predicted molar refractivity (Wildman–Crippen MR) is 88.4 cm³/mol. The van der Waals surface area contributed by atoms with Gasteiger partial charge in [-0.25, -0.2) is 0 Å². The van der Waals surface area contributed by atoms with Crippen molar-refractivity contribution < 1.29 is 0 Å². The highest BCUT2D eigenvalue weighted by molar-refractivity contribution is 4.93. The lowest BCUT2D eigenvalue weighted by Crippen LogP contribution is -2.56. The van der Waals surface area contributed by atoms with Crippen LogP contribution >= 0.6 is 0 Å². The molecule has 2 N–H and O–H groups in total. The van der Waals surface area contributed by atoms with Gasteiger partial charge in [0, 0.05) is 12.1 Å². The topological polar surface area (TPSA) is 30.5 Å². The van der Waals surface area contributed by atoms with Gasteiger partial charge in [-0.2, -0.15) is 0 Å². The van der Waals surface area contributed by atoms with Crippen molar-refractivity contribution >= 4 is 0 Å². The van der Waals surface area contributed by atoms with Crippen molar-refractivity contribution in [3.05, 3.63) is 0 Å². The molecule has 0 aromatic carbocycles. The normalized spacial score (nSPS) is 22.5. The molecule has 2 atom stereocenters. The Morgan fingerprint density at radius 3 is 2.40 bits per heavy atom. The first-order valence-electron chi connectivity index (χ1n) is 8.51. The molecule has 120 valence electrons. The Balaban J connectivity index is 2.07. The highest BCUT2D eigenvalue weighted by Gasteiger charge is 2.32. The van der Waals surface area contributed by atoms with Gasteiger partial charge in [0.1, 0.15) is 0 Å². The molecule has 4 nitrogen and oxygen atoms in total. The van der Waals surface area contributed by atoms with Crippen LogP contribution in [0.1, 0.15) is 39.5 Å². The van der Waals surface area contributed by atoms with E-state index in [2.05, 4.69) is 48.4 Å². The van der Waals surface area contributed by atoms with E-state index >= 15 is 0 Å². The van der Waals surface area contributed by atoms with Crippen LogP contribution in [0.25, 0.3) is 0 Å². The SMILES string of the molecule is CCNCCCNC1CCC1N(C)CCCN(C)CC. The Hall–Kier alpha value is -0.160. The first kappa shape index (κ1) is 17.9. The molecule has 0 aromatic heterocycles. The largest absolute Gasteiger partial charge is 0.317 e. The predicted octanol–water partition coefficient (Wildman–Crippen LogP) is 1.38. The molecule has 1 fully saturated rings. The maximum Gasteiger partial charge on any atom is 0.0246 e. The van der Waals surface area contributed by atoms with Crippen molar-refractivity contribution in [2.45, 2.75) is 51.6 Å². The minimum absolute atomic E-state index is 0.727. The van der Waals surface area contributed by atoms with Gasteiger partial charge in [-0.3, -0.25) is 0 Å². The summed E-state index contributed by atoms with van der Waals surface area (Å²) in [6.45, 7) is 11.4. The van der Waals surface area contributed by atoms with Crippen LogP contribution in [-0.4, -0.2) is 75.2 Å². The van der Waals surface area contributed by atoms with Crippen LogP contribution in [0.15, 0.2) is 0 Å². The molecule has 0 saturated heterocycles. The van der Waals surface area contributed by atoms with E-state index in [-0.39, 0.29) is 0 Å². The van der Waals surface area contributed by atoms with Crippen molar-refractivity contribution in [3.63, 3.8) is 0 Å². The average molecular weight is 284 g/mol. The molecule has 1 saturated carbocycles. The summed E-state index contributed by atoms with van der Waals surface area (Å²) >= 11 is 0. The van der Waals surface area contributed by atoms with Crippen molar-refractivity contribution in [3.8, 4) is 0 Å². The Morgan fingerprint density at radius 2 is 1.80 bits per heavy atom. The molecule has 1 aliphatic carbocycles. The van der Waals surface area contributed by atoms with Crippen molar-refractivity contribution in [1.29, 1.82) is 0 Å². The molecule has 0 radical (unpaired) electrons. The van der Waals surface area contributed by atoms with Crippen molar-refractivity contribution in [2.75, 3.05) is 53.4 Å². The molecule has 1 aliphatic rings. The van der Waals surface area contributed by atoms with Gasteiger partial charge in [0.2, 0.25) is 0 Å². The zero-order chi connectivity index (χ0) is 14.8. The minimum atomic E-state index is 0.727. The third-order valence-corrected chi connectivity index (χ3v) is 4.58. The molecule has 0 amide bonds. The maximum absolute atomic E-state index is 3.73. The maximum atomic E-state index is 3.73. The van der Waals surface area contributed by atoms with Gasteiger partial charge in [-0.15, -0.1) is 0 Å². The Morgan fingerprint density at radius 1 is 1.00 bits per heavy atom. The first-order valence-corrected chi connectivity index (χ1v) is 8.51. The molecular weight excluding hydrogens is 248 g/mol. The lowest BCUT2D eigenvalue weighted by atomic mass is 9.85. The number of rotatable bonds is 12.